The maximum atomic E-state index is 5.46. The second kappa shape index (κ2) is 3.85. The molecule has 1 heterocycles. The molecular weight excluding hydrogens is 166 g/mol. The third-order valence-electron chi connectivity index (χ3n) is 1.74. The number of hydrogen-bond acceptors (Lipinski definition) is 3. The lowest BCUT2D eigenvalue weighted by Crippen LogP contribution is -2.28. The molecule has 1 aliphatic rings. The topological polar surface area (TPSA) is 30.5 Å². The van der Waals surface area contributed by atoms with Crippen LogP contribution in [0.25, 0.3) is 0 Å². The standard InChI is InChI=1S/C10H11NO2/c1-2-4-9(5-3-1)13-8-10-11-6-7-12-10/h1-7,10-11H,8H2. The lowest BCUT2D eigenvalue weighted by Gasteiger charge is -2.12. The van der Waals surface area contributed by atoms with Crippen LogP contribution in [0.1, 0.15) is 0 Å². The molecule has 0 saturated heterocycles. The molecule has 0 fully saturated rings. The zero-order valence-corrected chi connectivity index (χ0v) is 7.14. The summed E-state index contributed by atoms with van der Waals surface area (Å²) >= 11 is 0. The van der Waals surface area contributed by atoms with E-state index in [4.69, 9.17) is 9.47 Å². The highest BCUT2D eigenvalue weighted by Crippen LogP contribution is 2.09. The lowest BCUT2D eigenvalue weighted by atomic mass is 10.3. The van der Waals surface area contributed by atoms with Gasteiger partial charge in [0.2, 0.25) is 6.23 Å². The zero-order chi connectivity index (χ0) is 8.93. The summed E-state index contributed by atoms with van der Waals surface area (Å²) in [7, 11) is 0. The Balaban J connectivity index is 1.80. The summed E-state index contributed by atoms with van der Waals surface area (Å²) in [6, 6.07) is 9.68. The first-order valence-electron chi connectivity index (χ1n) is 4.19. The van der Waals surface area contributed by atoms with E-state index in [1.54, 1.807) is 12.5 Å². The molecule has 0 spiro atoms. The second-order valence-electron chi connectivity index (χ2n) is 2.72. The summed E-state index contributed by atoms with van der Waals surface area (Å²) < 4.78 is 10.6. The first-order valence-corrected chi connectivity index (χ1v) is 4.19. The van der Waals surface area contributed by atoms with E-state index in [1.165, 1.54) is 0 Å². The Morgan fingerprint density at radius 2 is 2.15 bits per heavy atom. The van der Waals surface area contributed by atoms with Gasteiger partial charge in [0.25, 0.3) is 0 Å². The molecule has 3 nitrogen and oxygen atoms in total. The van der Waals surface area contributed by atoms with Crippen molar-refractivity contribution in [1.82, 2.24) is 5.32 Å². The Morgan fingerprint density at radius 3 is 2.85 bits per heavy atom. The average molecular weight is 177 g/mol. The van der Waals surface area contributed by atoms with Gasteiger partial charge in [0.1, 0.15) is 18.6 Å². The zero-order valence-electron chi connectivity index (χ0n) is 7.14. The molecule has 1 aromatic rings. The van der Waals surface area contributed by atoms with Crippen LogP contribution >= 0.6 is 0 Å². The second-order valence-corrected chi connectivity index (χ2v) is 2.72. The Kier molecular flexibility index (Phi) is 2.36. The smallest absolute Gasteiger partial charge is 0.203 e. The number of ether oxygens (including phenoxy) is 2. The van der Waals surface area contributed by atoms with Gasteiger partial charge in [-0.3, -0.25) is 0 Å². The van der Waals surface area contributed by atoms with Crippen LogP contribution in [0.4, 0.5) is 0 Å². The van der Waals surface area contributed by atoms with Gasteiger partial charge in [-0.2, -0.15) is 0 Å². The maximum Gasteiger partial charge on any atom is 0.203 e. The van der Waals surface area contributed by atoms with Crippen LogP contribution in [0.2, 0.25) is 0 Å². The van der Waals surface area contributed by atoms with Crippen molar-refractivity contribution < 1.29 is 9.47 Å². The highest BCUT2D eigenvalue weighted by molar-refractivity contribution is 5.20. The van der Waals surface area contributed by atoms with Crippen molar-refractivity contribution in [3.05, 3.63) is 42.8 Å². The molecule has 68 valence electrons. The van der Waals surface area contributed by atoms with Gasteiger partial charge >= 0.3 is 0 Å². The molecule has 13 heavy (non-hydrogen) atoms. The van der Waals surface area contributed by atoms with Gasteiger partial charge in [0, 0.05) is 6.20 Å². The van der Waals surface area contributed by atoms with E-state index in [0.717, 1.165) is 5.75 Å². The van der Waals surface area contributed by atoms with E-state index in [1.807, 2.05) is 30.3 Å². The largest absolute Gasteiger partial charge is 0.488 e. The predicted octanol–water partition coefficient (Wildman–Crippen LogP) is 1.48. The number of nitrogens with one attached hydrogen (secondary N) is 1. The molecule has 1 aromatic carbocycles. The molecule has 0 bridgehead atoms. The molecule has 0 radical (unpaired) electrons. The maximum absolute atomic E-state index is 5.46. The van der Waals surface area contributed by atoms with Gasteiger partial charge in [-0.15, -0.1) is 0 Å². The van der Waals surface area contributed by atoms with E-state index in [0.29, 0.717) is 6.61 Å². The minimum Gasteiger partial charge on any atom is -0.488 e. The fraction of sp³-hybridized carbons (Fsp3) is 0.200. The van der Waals surface area contributed by atoms with E-state index in [2.05, 4.69) is 5.32 Å². The monoisotopic (exact) mass is 177 g/mol. The predicted molar refractivity (Wildman–Crippen MR) is 49.1 cm³/mol. The number of para-hydroxylation sites is 1. The number of hydrogen-bond donors (Lipinski definition) is 1. The number of rotatable bonds is 3. The van der Waals surface area contributed by atoms with Crippen LogP contribution in [-0.4, -0.2) is 12.8 Å². The molecule has 0 aliphatic carbocycles. The molecular formula is C10H11NO2. The van der Waals surface area contributed by atoms with Crippen LogP contribution in [0.3, 0.4) is 0 Å². The van der Waals surface area contributed by atoms with E-state index in [-0.39, 0.29) is 6.23 Å². The van der Waals surface area contributed by atoms with Crippen molar-refractivity contribution in [2.45, 2.75) is 6.23 Å². The van der Waals surface area contributed by atoms with Gasteiger partial charge in [0.05, 0.1) is 0 Å². The lowest BCUT2D eigenvalue weighted by molar-refractivity contribution is 0.0930. The first kappa shape index (κ1) is 7.98. The number of benzene rings is 1. The normalized spacial score (nSPS) is 19.2. The summed E-state index contributed by atoms with van der Waals surface area (Å²) in [5, 5.41) is 3.00. The first-order chi connectivity index (χ1) is 6.45. The van der Waals surface area contributed by atoms with Gasteiger partial charge in [-0.1, -0.05) is 18.2 Å². The molecule has 1 atom stereocenters. The van der Waals surface area contributed by atoms with Gasteiger partial charge in [-0.25, -0.2) is 0 Å². The Labute approximate surface area is 77.0 Å². The SMILES string of the molecule is C1=COC(COc2ccccc2)N1. The van der Waals surface area contributed by atoms with Gasteiger partial charge in [-0.05, 0) is 12.1 Å². The van der Waals surface area contributed by atoms with Crippen molar-refractivity contribution in [2.24, 2.45) is 0 Å². The summed E-state index contributed by atoms with van der Waals surface area (Å²) in [5.41, 5.74) is 0. The minimum absolute atomic E-state index is 0.0554. The fourth-order valence-corrected chi connectivity index (χ4v) is 1.10. The van der Waals surface area contributed by atoms with Crippen LogP contribution in [0, 0.1) is 0 Å². The van der Waals surface area contributed by atoms with Crippen molar-refractivity contribution in [2.75, 3.05) is 6.61 Å². The fourth-order valence-electron chi connectivity index (χ4n) is 1.10. The molecule has 2 rings (SSSR count). The van der Waals surface area contributed by atoms with E-state index >= 15 is 0 Å². The minimum atomic E-state index is -0.0554. The third-order valence-corrected chi connectivity index (χ3v) is 1.74. The van der Waals surface area contributed by atoms with E-state index < -0.39 is 0 Å². The molecule has 1 N–H and O–H groups in total. The van der Waals surface area contributed by atoms with Crippen molar-refractivity contribution in [3.63, 3.8) is 0 Å². The Hall–Kier alpha value is -1.64. The quantitative estimate of drug-likeness (QED) is 0.758. The third kappa shape index (κ3) is 2.15. The summed E-state index contributed by atoms with van der Waals surface area (Å²) in [6.45, 7) is 0.511. The van der Waals surface area contributed by atoms with Crippen LogP contribution < -0.4 is 10.1 Å². The summed E-state index contributed by atoms with van der Waals surface area (Å²) in [4.78, 5) is 0. The molecule has 0 amide bonds. The Bertz CT molecular complexity index is 276. The summed E-state index contributed by atoms with van der Waals surface area (Å²) in [6.07, 6.45) is 3.33. The molecule has 1 aliphatic heterocycles. The van der Waals surface area contributed by atoms with E-state index in [9.17, 15) is 0 Å². The van der Waals surface area contributed by atoms with Crippen molar-refractivity contribution in [3.8, 4) is 5.75 Å². The van der Waals surface area contributed by atoms with Crippen molar-refractivity contribution in [1.29, 1.82) is 0 Å². The average Bonchev–Trinajstić information content (AvgIpc) is 2.69. The molecule has 3 heteroatoms. The Morgan fingerprint density at radius 1 is 1.31 bits per heavy atom. The highest BCUT2D eigenvalue weighted by atomic mass is 16.5. The van der Waals surface area contributed by atoms with Gasteiger partial charge < -0.3 is 14.8 Å². The highest BCUT2D eigenvalue weighted by Gasteiger charge is 2.09. The molecule has 0 aromatic heterocycles. The van der Waals surface area contributed by atoms with Crippen LogP contribution in [0.5, 0.6) is 5.75 Å². The summed E-state index contributed by atoms with van der Waals surface area (Å²) in [5.74, 6) is 0.861. The van der Waals surface area contributed by atoms with Gasteiger partial charge in [0.15, 0.2) is 0 Å². The van der Waals surface area contributed by atoms with Crippen LogP contribution in [0.15, 0.2) is 42.8 Å². The molecule has 0 saturated carbocycles. The van der Waals surface area contributed by atoms with Crippen molar-refractivity contribution >= 4 is 0 Å². The van der Waals surface area contributed by atoms with Crippen LogP contribution in [-0.2, 0) is 4.74 Å². The molecule has 1 unspecified atom stereocenters.